The first kappa shape index (κ1) is 9.88. The third-order valence-electron chi connectivity index (χ3n) is 1.45. The van der Waals surface area contributed by atoms with Crippen LogP contribution in [0.25, 0.3) is 0 Å². The molecule has 70 valence electrons. The van der Waals surface area contributed by atoms with Crippen molar-refractivity contribution in [2.24, 2.45) is 0 Å². The molecule has 0 bridgehead atoms. The lowest BCUT2D eigenvalue weighted by Gasteiger charge is -1.97. The SMILES string of the molecule is O=Cc1ccc(CO[SH](=O)=O)cc1. The van der Waals surface area contributed by atoms with E-state index in [-0.39, 0.29) is 6.61 Å². The molecule has 4 nitrogen and oxygen atoms in total. The second-order valence-corrected chi connectivity index (χ2v) is 3.06. The fraction of sp³-hybridized carbons (Fsp3) is 0.125. The van der Waals surface area contributed by atoms with E-state index in [2.05, 4.69) is 4.18 Å². The van der Waals surface area contributed by atoms with Crippen LogP contribution in [0.3, 0.4) is 0 Å². The zero-order valence-corrected chi connectivity index (χ0v) is 7.57. The minimum atomic E-state index is -2.80. The molecule has 0 N–H and O–H groups in total. The molecule has 0 fully saturated rings. The monoisotopic (exact) mass is 200 g/mol. The molecular formula is C8H8O4S. The van der Waals surface area contributed by atoms with Crippen LogP contribution in [0.5, 0.6) is 0 Å². The van der Waals surface area contributed by atoms with Crippen LogP contribution >= 0.6 is 0 Å². The second kappa shape index (κ2) is 4.74. The van der Waals surface area contributed by atoms with Gasteiger partial charge in [0.05, 0.1) is 6.61 Å². The molecule has 13 heavy (non-hydrogen) atoms. The molecule has 5 heteroatoms. The average Bonchev–Trinajstić information content (AvgIpc) is 2.15. The van der Waals surface area contributed by atoms with E-state index in [1.165, 1.54) is 0 Å². The Labute approximate surface area is 77.3 Å². The van der Waals surface area contributed by atoms with Crippen molar-refractivity contribution in [1.29, 1.82) is 0 Å². The van der Waals surface area contributed by atoms with Gasteiger partial charge in [0, 0.05) is 5.56 Å². The molecule has 0 aliphatic heterocycles. The molecule has 0 saturated carbocycles. The highest BCUT2D eigenvalue weighted by atomic mass is 32.2. The van der Waals surface area contributed by atoms with Gasteiger partial charge in [-0.1, -0.05) is 24.3 Å². The number of thiol groups is 1. The Kier molecular flexibility index (Phi) is 3.60. The standard InChI is InChI=1S/C8H8O4S/c9-5-7-1-3-8(4-2-7)6-12-13(10)11/h1-5,13H,6H2. The van der Waals surface area contributed by atoms with Gasteiger partial charge in [-0.2, -0.15) is 0 Å². The summed E-state index contributed by atoms with van der Waals surface area (Å²) in [6.07, 6.45) is 0.721. The normalized spacial score (nSPS) is 10.2. The molecule has 0 aromatic heterocycles. The molecule has 1 aromatic carbocycles. The summed E-state index contributed by atoms with van der Waals surface area (Å²) in [7, 11) is -2.80. The molecule has 0 amide bonds. The number of hydrogen-bond donors (Lipinski definition) is 1. The van der Waals surface area contributed by atoms with Crippen LogP contribution in [0.15, 0.2) is 24.3 Å². The first-order chi connectivity index (χ1) is 6.22. The maximum absolute atomic E-state index is 10.3. The Bertz CT molecular complexity index is 345. The topological polar surface area (TPSA) is 60.4 Å². The number of rotatable bonds is 4. The molecule has 1 rings (SSSR count). The smallest absolute Gasteiger partial charge is 0.257 e. The number of benzene rings is 1. The van der Waals surface area contributed by atoms with Crippen LogP contribution in [0.4, 0.5) is 0 Å². The molecule has 1 aromatic rings. The molecular weight excluding hydrogens is 192 g/mol. The Morgan fingerprint density at radius 2 is 1.85 bits per heavy atom. The summed E-state index contributed by atoms with van der Waals surface area (Å²) in [4.78, 5) is 10.3. The lowest BCUT2D eigenvalue weighted by molar-refractivity contribution is 0.112. The van der Waals surface area contributed by atoms with Crippen molar-refractivity contribution in [3.8, 4) is 0 Å². The Hall–Kier alpha value is -1.20. The van der Waals surface area contributed by atoms with E-state index in [0.29, 0.717) is 11.1 Å². The van der Waals surface area contributed by atoms with Gasteiger partial charge in [0.1, 0.15) is 6.29 Å². The van der Waals surface area contributed by atoms with Crippen molar-refractivity contribution in [2.75, 3.05) is 0 Å². The van der Waals surface area contributed by atoms with Gasteiger partial charge in [-0.15, -0.1) is 0 Å². The van der Waals surface area contributed by atoms with Gasteiger partial charge in [0.25, 0.3) is 11.0 Å². The van der Waals surface area contributed by atoms with Gasteiger partial charge in [0.15, 0.2) is 0 Å². The molecule has 0 aliphatic rings. The Balaban J connectivity index is 2.64. The van der Waals surface area contributed by atoms with E-state index in [1.54, 1.807) is 24.3 Å². The minimum Gasteiger partial charge on any atom is -0.298 e. The van der Waals surface area contributed by atoms with E-state index in [1.807, 2.05) is 0 Å². The number of carbonyl (C=O) groups excluding carboxylic acids is 1. The van der Waals surface area contributed by atoms with Gasteiger partial charge in [-0.3, -0.25) is 8.98 Å². The van der Waals surface area contributed by atoms with Crippen LogP contribution in [0.1, 0.15) is 15.9 Å². The van der Waals surface area contributed by atoms with Crippen molar-refractivity contribution < 1.29 is 17.4 Å². The fourth-order valence-electron chi connectivity index (χ4n) is 0.820. The lowest BCUT2D eigenvalue weighted by Crippen LogP contribution is -1.90. The van der Waals surface area contributed by atoms with Crippen molar-refractivity contribution in [1.82, 2.24) is 0 Å². The highest BCUT2D eigenvalue weighted by molar-refractivity contribution is 7.67. The highest BCUT2D eigenvalue weighted by Crippen LogP contribution is 2.03. The molecule has 0 radical (unpaired) electrons. The van der Waals surface area contributed by atoms with E-state index in [0.717, 1.165) is 6.29 Å². The number of hydrogen-bond acceptors (Lipinski definition) is 4. The van der Waals surface area contributed by atoms with Crippen LogP contribution in [-0.2, 0) is 21.8 Å². The molecule has 0 saturated heterocycles. The lowest BCUT2D eigenvalue weighted by atomic mass is 10.2. The van der Waals surface area contributed by atoms with Crippen LogP contribution in [0, 0.1) is 0 Å². The zero-order chi connectivity index (χ0) is 9.68. The molecule has 0 spiro atoms. The van der Waals surface area contributed by atoms with E-state index < -0.39 is 11.0 Å². The highest BCUT2D eigenvalue weighted by Gasteiger charge is 1.94. The molecule has 0 atom stereocenters. The third-order valence-corrected chi connectivity index (χ3v) is 1.79. The predicted octanol–water partition coefficient (Wildman–Crippen LogP) is 0.542. The summed E-state index contributed by atoms with van der Waals surface area (Å²) in [5.74, 6) is 0. The summed E-state index contributed by atoms with van der Waals surface area (Å²) in [5, 5.41) is 0. The van der Waals surface area contributed by atoms with E-state index >= 15 is 0 Å². The van der Waals surface area contributed by atoms with E-state index in [4.69, 9.17) is 0 Å². The summed E-state index contributed by atoms with van der Waals surface area (Å²) in [6.45, 7) is 0.0117. The quantitative estimate of drug-likeness (QED) is 0.569. The average molecular weight is 200 g/mol. The first-order valence-corrected chi connectivity index (χ1v) is 4.63. The zero-order valence-electron chi connectivity index (χ0n) is 6.67. The van der Waals surface area contributed by atoms with Crippen molar-refractivity contribution in [3.63, 3.8) is 0 Å². The maximum Gasteiger partial charge on any atom is 0.257 e. The number of aldehydes is 1. The third kappa shape index (κ3) is 3.35. The van der Waals surface area contributed by atoms with Crippen LogP contribution in [-0.4, -0.2) is 14.7 Å². The van der Waals surface area contributed by atoms with Crippen LogP contribution < -0.4 is 0 Å². The Morgan fingerprint density at radius 1 is 1.23 bits per heavy atom. The second-order valence-electron chi connectivity index (χ2n) is 2.36. The first-order valence-electron chi connectivity index (χ1n) is 3.54. The van der Waals surface area contributed by atoms with Crippen molar-refractivity contribution in [2.45, 2.75) is 6.61 Å². The van der Waals surface area contributed by atoms with Crippen molar-refractivity contribution in [3.05, 3.63) is 35.4 Å². The fourth-order valence-corrected chi connectivity index (χ4v) is 1.07. The summed E-state index contributed by atoms with van der Waals surface area (Å²) >= 11 is 0. The largest absolute Gasteiger partial charge is 0.298 e. The summed E-state index contributed by atoms with van der Waals surface area (Å²) in [5.41, 5.74) is 1.26. The van der Waals surface area contributed by atoms with Gasteiger partial charge >= 0.3 is 0 Å². The van der Waals surface area contributed by atoms with E-state index in [9.17, 15) is 13.2 Å². The Morgan fingerprint density at radius 3 is 2.31 bits per heavy atom. The predicted molar refractivity (Wildman–Crippen MR) is 46.9 cm³/mol. The summed E-state index contributed by atoms with van der Waals surface area (Å²) < 4.78 is 24.5. The molecule has 0 aliphatic carbocycles. The van der Waals surface area contributed by atoms with Gasteiger partial charge < -0.3 is 0 Å². The maximum atomic E-state index is 10.3. The summed E-state index contributed by atoms with van der Waals surface area (Å²) in [6, 6.07) is 6.48. The van der Waals surface area contributed by atoms with Gasteiger partial charge in [0.2, 0.25) is 0 Å². The van der Waals surface area contributed by atoms with Crippen LogP contribution in [0.2, 0.25) is 0 Å². The van der Waals surface area contributed by atoms with Gasteiger partial charge in [-0.05, 0) is 5.56 Å². The molecule has 0 unspecified atom stereocenters. The van der Waals surface area contributed by atoms with Gasteiger partial charge in [-0.25, -0.2) is 8.42 Å². The molecule has 0 heterocycles. The number of carbonyl (C=O) groups is 1. The van der Waals surface area contributed by atoms with Crippen molar-refractivity contribution >= 4 is 17.3 Å². The minimum absolute atomic E-state index is 0.0117.